The zero-order chi connectivity index (χ0) is 92.5. The first-order valence-electron chi connectivity index (χ1n) is 41.9. The molecular formula is C92H106BClN8O28. The van der Waals surface area contributed by atoms with Crippen molar-refractivity contribution in [1.82, 2.24) is 19.1 Å². The molecule has 692 valence electrons. The van der Waals surface area contributed by atoms with E-state index in [9.17, 15) is 49.0 Å². The lowest BCUT2D eigenvalue weighted by atomic mass is 9.80. The molecule has 8 N–H and O–H groups in total. The predicted molar refractivity (Wildman–Crippen MR) is 475 cm³/mol. The van der Waals surface area contributed by atoms with Crippen LogP contribution in [0, 0.1) is 34.1 Å². The molecule has 10 aromatic rings. The Morgan fingerprint density at radius 3 is 1.06 bits per heavy atom. The van der Waals surface area contributed by atoms with Crippen molar-refractivity contribution in [3.63, 3.8) is 0 Å². The molecule has 38 heteroatoms. The monoisotopic (exact) mass is 1820 g/mol. The van der Waals surface area contributed by atoms with Gasteiger partial charge in [-0.1, -0.05) is 206 Å². The summed E-state index contributed by atoms with van der Waals surface area (Å²) in [7, 11) is -1.42. The third-order valence-corrected chi connectivity index (χ3v) is 20.7. The average molecular weight is 1820 g/mol. The Morgan fingerprint density at radius 1 is 0.438 bits per heavy atom. The second kappa shape index (κ2) is 52.7. The molecule has 2 aromatic heterocycles. The highest BCUT2D eigenvalue weighted by molar-refractivity contribution is 6.40. The standard InChI is InChI=1S/C46H52N4O13.C37H32ClN3O9.C9H22BNO6/c1-33-29-49(44(52)48-43(33)51)41-28-39(40(62-41)32-61-46(36-14-5-2-6-15-36,37-16-7-3-8-17-37)38-18-9-4-10-19-38)63-45(53)60-31-35-13-11-12-34(42(35)50(54)55)30-59-27-26-58-25-24-57-23-22-56-21-20-47;1-24-21-40(35(43)39-34(24)42)32-20-30(50-36(44)47-22-25-12-11-19-29(38)33(25)41(45)46)31(49-32)23-48-37(26-13-5-2-6-14-26,27-15-7-3-8-16-27)28-17-9-4-10-18-28;11-1-2-14-3-4-15-5-6-16-7-8-17-9-10(12)13/h2-19,29,39-41H,20-28,30-32,47H2,1H3,(H,48,51,52);2-19,21,30-32H,20,22-23H2,1H3,(H,39,42,43);12-13H,1-9,11H2/t39-,40-,41-;30-,31-,32-;/m11./s1. The predicted octanol–water partition coefficient (Wildman–Crippen LogP) is 9.74. The van der Waals surface area contributed by atoms with Gasteiger partial charge in [-0.15, -0.1) is 0 Å². The Kier molecular flexibility index (Phi) is 40.7. The highest BCUT2D eigenvalue weighted by atomic mass is 35.5. The average Bonchev–Trinajstić information content (AvgIpc) is 0.956. The van der Waals surface area contributed by atoms with Crippen LogP contribution in [0.3, 0.4) is 0 Å². The second-order valence-corrected chi connectivity index (χ2v) is 29.7. The Morgan fingerprint density at radius 2 is 0.738 bits per heavy atom. The van der Waals surface area contributed by atoms with E-state index < -0.39 is 113 Å². The quantitative estimate of drug-likeness (QED) is 0.00515. The largest absolute Gasteiger partial charge is 0.508 e. The number of nitrogens with one attached hydrogen (secondary N) is 2. The summed E-state index contributed by atoms with van der Waals surface area (Å²) in [5.74, 6) is 0. The van der Waals surface area contributed by atoms with Crippen molar-refractivity contribution in [2.45, 2.75) is 94.6 Å². The van der Waals surface area contributed by atoms with Gasteiger partial charge in [-0.2, -0.15) is 0 Å². The van der Waals surface area contributed by atoms with Crippen molar-refractivity contribution in [2.24, 2.45) is 11.5 Å². The lowest BCUT2D eigenvalue weighted by Crippen LogP contribution is -2.39. The number of nitro benzene ring substituents is 2. The molecule has 4 heterocycles. The maximum atomic E-state index is 13.5. The van der Waals surface area contributed by atoms with E-state index >= 15 is 0 Å². The molecule has 6 atom stereocenters. The van der Waals surface area contributed by atoms with Gasteiger partial charge in [-0.05, 0) is 71.5 Å². The van der Waals surface area contributed by atoms with E-state index in [1.54, 1.807) is 26.0 Å². The minimum atomic E-state index is -1.42. The maximum Gasteiger partial charge on any atom is 0.508 e. The van der Waals surface area contributed by atoms with Gasteiger partial charge in [-0.3, -0.25) is 48.9 Å². The van der Waals surface area contributed by atoms with E-state index in [0.717, 1.165) is 33.4 Å². The fourth-order valence-corrected chi connectivity index (χ4v) is 14.5. The van der Waals surface area contributed by atoms with E-state index in [1.165, 1.54) is 45.8 Å². The molecule has 0 radical (unpaired) electrons. The number of nitrogens with zero attached hydrogens (tertiary/aromatic N) is 4. The highest BCUT2D eigenvalue weighted by Crippen LogP contribution is 2.45. The van der Waals surface area contributed by atoms with Gasteiger partial charge in [0.15, 0.2) is 0 Å². The fraction of sp³-hybridized carbons (Fsp3) is 0.370. The first-order chi connectivity index (χ1) is 63.1. The maximum absolute atomic E-state index is 13.5. The topological polar surface area (TPSA) is 470 Å². The van der Waals surface area contributed by atoms with Crippen LogP contribution in [0.5, 0.6) is 0 Å². The van der Waals surface area contributed by atoms with Gasteiger partial charge >= 0.3 is 30.8 Å². The molecule has 12 rings (SSSR count). The van der Waals surface area contributed by atoms with E-state index in [2.05, 4.69) is 9.97 Å². The molecule has 0 aliphatic carbocycles. The van der Waals surface area contributed by atoms with Gasteiger partial charge < -0.3 is 97.3 Å². The number of aryl methyl sites for hydroxylation is 2. The number of aromatic amines is 2. The zero-order valence-corrected chi connectivity index (χ0v) is 72.5. The minimum absolute atomic E-state index is 0.000834. The fourth-order valence-electron chi connectivity index (χ4n) is 14.3. The number of hydrogen-bond donors (Lipinski definition) is 6. The van der Waals surface area contributed by atoms with Crippen LogP contribution in [0.1, 0.15) is 86.5 Å². The summed E-state index contributed by atoms with van der Waals surface area (Å²) in [6, 6.07) is 66.9. The van der Waals surface area contributed by atoms with Crippen LogP contribution < -0.4 is 34.0 Å². The molecular weight excluding hydrogens is 1710 g/mol. The lowest BCUT2D eigenvalue weighted by Gasteiger charge is -2.37. The number of nitrogens with two attached hydrogens (primary N) is 2. The van der Waals surface area contributed by atoms with Crippen LogP contribution >= 0.6 is 11.6 Å². The highest BCUT2D eigenvalue weighted by Gasteiger charge is 2.47. The van der Waals surface area contributed by atoms with E-state index in [0.29, 0.717) is 92.4 Å². The Labute approximate surface area is 753 Å². The second-order valence-electron chi connectivity index (χ2n) is 29.3. The molecule has 2 aliphatic heterocycles. The first-order valence-corrected chi connectivity index (χ1v) is 42.3. The van der Waals surface area contributed by atoms with Gasteiger partial charge in [0.1, 0.15) is 66.3 Å². The minimum Gasteiger partial charge on any atom is -0.429 e. The first kappa shape index (κ1) is 100. The van der Waals surface area contributed by atoms with Crippen molar-refractivity contribution < 1.29 is 105 Å². The number of carbonyl (C=O) groups is 2. The number of H-pyrrole nitrogens is 2. The smallest absolute Gasteiger partial charge is 0.429 e. The van der Waals surface area contributed by atoms with Crippen molar-refractivity contribution in [1.29, 1.82) is 0 Å². The molecule has 8 aromatic carbocycles. The molecule has 0 amide bonds. The Hall–Kier alpha value is -11.8. The summed E-state index contributed by atoms with van der Waals surface area (Å²) in [6.07, 6.45) is -5.32. The van der Waals surface area contributed by atoms with Crippen LogP contribution in [-0.2, 0) is 107 Å². The number of benzene rings is 8. The molecule has 2 aliphatic rings. The van der Waals surface area contributed by atoms with Crippen molar-refractivity contribution >= 4 is 42.4 Å². The zero-order valence-electron chi connectivity index (χ0n) is 71.8. The molecule has 0 spiro atoms. The number of nitro groups is 2. The van der Waals surface area contributed by atoms with E-state index in [1.807, 2.05) is 182 Å². The summed E-state index contributed by atoms with van der Waals surface area (Å²) in [6.45, 7) is 8.45. The number of carbonyl (C=O) groups excluding carboxylic acids is 2. The van der Waals surface area contributed by atoms with Gasteiger partial charge in [0.05, 0.1) is 145 Å². The van der Waals surface area contributed by atoms with E-state index in [-0.39, 0.29) is 96.6 Å². The van der Waals surface area contributed by atoms with Gasteiger partial charge in [0, 0.05) is 49.5 Å². The van der Waals surface area contributed by atoms with Gasteiger partial charge in [-0.25, -0.2) is 19.2 Å². The normalized spacial score (nSPS) is 15.9. The van der Waals surface area contributed by atoms with Crippen LogP contribution in [0.25, 0.3) is 0 Å². The third kappa shape index (κ3) is 29.1. The molecule has 36 nitrogen and oxygen atoms in total. The molecule has 0 saturated carbocycles. The summed E-state index contributed by atoms with van der Waals surface area (Å²) in [5.41, 5.74) is 11.2. The van der Waals surface area contributed by atoms with Crippen LogP contribution in [-0.4, -0.2) is 208 Å². The summed E-state index contributed by atoms with van der Waals surface area (Å²) >= 11 is 6.01. The van der Waals surface area contributed by atoms with Gasteiger partial charge in [0.25, 0.3) is 22.5 Å². The van der Waals surface area contributed by atoms with Gasteiger partial charge in [0.2, 0.25) is 0 Å². The number of aromatic nitrogens is 4. The SMILES string of the molecule is Cc1cn([C@H]2C[C@@H](OC(=O)OCc3cccc(COCCOCCOCCOCCN)c3[N+](=O)[O-])[C@@H](COC(c3ccccc3)(c3ccccc3)c3ccccc3)O2)c(=O)[nH]c1=O.Cc1cn([C@H]2C[C@@H](OC(=O)OCc3cccc(Cl)c3[N+](=O)[O-])[C@@H](COC(c3ccccc3)(c3ccccc3)c3ccccc3)O2)c(=O)[nH]c1=O.NCCOCCOCCOCCOCB(O)O. The van der Waals surface area contributed by atoms with Crippen molar-refractivity contribution in [2.75, 3.05) is 125 Å². The van der Waals surface area contributed by atoms with Crippen LogP contribution in [0.2, 0.25) is 5.02 Å². The molecule has 2 fully saturated rings. The van der Waals surface area contributed by atoms with Crippen LogP contribution in [0.15, 0.2) is 250 Å². The number of halogens is 1. The molecule has 2 saturated heterocycles. The third-order valence-electron chi connectivity index (χ3n) is 20.4. The Balaban J connectivity index is 0.000000233. The van der Waals surface area contributed by atoms with E-state index in [4.69, 9.17) is 109 Å². The number of hydrogen-bond acceptors (Lipinski definition) is 30. The molecule has 0 bridgehead atoms. The van der Waals surface area contributed by atoms with Crippen LogP contribution in [0.4, 0.5) is 21.0 Å². The van der Waals surface area contributed by atoms with Crippen molar-refractivity contribution in [3.05, 3.63) is 359 Å². The summed E-state index contributed by atoms with van der Waals surface area (Å²) < 4.78 is 93.7. The summed E-state index contributed by atoms with van der Waals surface area (Å²) in [5, 5.41) is 40.7. The molecule has 130 heavy (non-hydrogen) atoms. The number of rotatable bonds is 48. The number of para-hydroxylation sites is 2. The molecule has 0 unspecified atom stereocenters. The number of ether oxygens (including phenoxy) is 16. The lowest BCUT2D eigenvalue weighted by molar-refractivity contribution is -0.387. The Bertz CT molecular complexity index is 5190. The summed E-state index contributed by atoms with van der Waals surface area (Å²) in [4.78, 5) is 104. The van der Waals surface area contributed by atoms with Crippen molar-refractivity contribution in [3.8, 4) is 0 Å².